The Morgan fingerprint density at radius 1 is 1.37 bits per heavy atom. The lowest BCUT2D eigenvalue weighted by Gasteiger charge is -2.06. The molecule has 1 saturated heterocycles. The Bertz CT molecular complexity index is 628. The Morgan fingerprint density at radius 2 is 2.16 bits per heavy atom. The third-order valence-corrected chi connectivity index (χ3v) is 3.31. The molecule has 0 radical (unpaired) electrons. The third kappa shape index (κ3) is 2.29. The van der Waals surface area contributed by atoms with Crippen molar-refractivity contribution < 1.29 is 4.79 Å². The SMILES string of the molecule is Cn1cnc(C2CNC(=O)/C2=C/c2ccccc2)c1. The van der Waals surface area contributed by atoms with Crippen LogP contribution in [-0.2, 0) is 11.8 Å². The molecule has 1 unspecified atom stereocenters. The first-order chi connectivity index (χ1) is 9.24. The highest BCUT2D eigenvalue weighted by molar-refractivity contribution is 6.01. The molecule has 1 N–H and O–H groups in total. The smallest absolute Gasteiger partial charge is 0.248 e. The van der Waals surface area contributed by atoms with Crippen LogP contribution in [0.3, 0.4) is 0 Å². The van der Waals surface area contributed by atoms with Gasteiger partial charge in [-0.3, -0.25) is 4.79 Å². The highest BCUT2D eigenvalue weighted by Crippen LogP contribution is 2.28. The lowest BCUT2D eigenvalue weighted by atomic mass is 9.97. The Labute approximate surface area is 111 Å². The first-order valence-corrected chi connectivity index (χ1v) is 6.27. The summed E-state index contributed by atoms with van der Waals surface area (Å²) < 4.78 is 1.90. The first kappa shape index (κ1) is 11.7. The molecule has 4 heteroatoms. The molecule has 2 heterocycles. The first-order valence-electron chi connectivity index (χ1n) is 6.27. The fourth-order valence-corrected chi connectivity index (χ4v) is 2.34. The van der Waals surface area contributed by atoms with E-state index >= 15 is 0 Å². The predicted octanol–water partition coefficient (Wildman–Crippen LogP) is 1.72. The average Bonchev–Trinajstić information content (AvgIpc) is 2.99. The Balaban J connectivity index is 1.97. The van der Waals surface area contributed by atoms with Crippen molar-refractivity contribution in [1.29, 1.82) is 0 Å². The number of rotatable bonds is 2. The molecule has 1 aromatic carbocycles. The van der Waals surface area contributed by atoms with E-state index in [9.17, 15) is 4.79 Å². The van der Waals surface area contributed by atoms with Gasteiger partial charge >= 0.3 is 0 Å². The summed E-state index contributed by atoms with van der Waals surface area (Å²) in [7, 11) is 1.93. The third-order valence-electron chi connectivity index (χ3n) is 3.31. The predicted molar refractivity (Wildman–Crippen MR) is 73.4 cm³/mol. The van der Waals surface area contributed by atoms with Crippen LogP contribution in [0.2, 0.25) is 0 Å². The average molecular weight is 253 g/mol. The minimum atomic E-state index is -0.000457. The van der Waals surface area contributed by atoms with Crippen molar-refractivity contribution in [2.45, 2.75) is 5.92 Å². The second-order valence-electron chi connectivity index (χ2n) is 4.74. The molecule has 0 bridgehead atoms. The summed E-state index contributed by atoms with van der Waals surface area (Å²) in [6, 6.07) is 9.89. The van der Waals surface area contributed by atoms with Crippen LogP contribution in [0.15, 0.2) is 48.4 Å². The molecule has 1 atom stereocenters. The van der Waals surface area contributed by atoms with E-state index in [-0.39, 0.29) is 11.8 Å². The van der Waals surface area contributed by atoms with Gasteiger partial charge in [-0.05, 0) is 11.6 Å². The van der Waals surface area contributed by atoms with Crippen molar-refractivity contribution in [2.75, 3.05) is 6.54 Å². The number of carbonyl (C=O) groups is 1. The number of amides is 1. The summed E-state index contributed by atoms with van der Waals surface area (Å²) in [5, 5.41) is 2.89. The number of aromatic nitrogens is 2. The Hall–Kier alpha value is -2.36. The van der Waals surface area contributed by atoms with Crippen LogP contribution in [-0.4, -0.2) is 22.0 Å². The van der Waals surface area contributed by atoms with Gasteiger partial charge in [0.05, 0.1) is 17.9 Å². The van der Waals surface area contributed by atoms with Gasteiger partial charge in [0.15, 0.2) is 0 Å². The lowest BCUT2D eigenvalue weighted by Crippen LogP contribution is -2.14. The minimum Gasteiger partial charge on any atom is -0.351 e. The second-order valence-corrected chi connectivity index (χ2v) is 4.74. The van der Waals surface area contributed by atoms with Crippen molar-refractivity contribution in [3.63, 3.8) is 0 Å². The van der Waals surface area contributed by atoms with Gasteiger partial charge in [-0.25, -0.2) is 4.98 Å². The van der Waals surface area contributed by atoms with E-state index in [0.717, 1.165) is 16.8 Å². The van der Waals surface area contributed by atoms with Crippen LogP contribution in [0, 0.1) is 0 Å². The largest absolute Gasteiger partial charge is 0.351 e. The monoisotopic (exact) mass is 253 g/mol. The molecule has 1 aromatic heterocycles. The summed E-state index contributed by atoms with van der Waals surface area (Å²) in [6.45, 7) is 0.620. The molecule has 1 amide bonds. The van der Waals surface area contributed by atoms with Crippen LogP contribution >= 0.6 is 0 Å². The van der Waals surface area contributed by atoms with E-state index in [1.54, 1.807) is 6.33 Å². The molecule has 96 valence electrons. The summed E-state index contributed by atoms with van der Waals surface area (Å²) in [4.78, 5) is 16.3. The second kappa shape index (κ2) is 4.72. The van der Waals surface area contributed by atoms with Crippen LogP contribution in [0.1, 0.15) is 17.2 Å². The van der Waals surface area contributed by atoms with Gasteiger partial charge in [0.2, 0.25) is 5.91 Å². The maximum atomic E-state index is 12.0. The molecule has 2 aromatic rings. The van der Waals surface area contributed by atoms with E-state index in [4.69, 9.17) is 0 Å². The number of nitrogens with one attached hydrogen (secondary N) is 1. The molecular formula is C15H15N3O. The van der Waals surface area contributed by atoms with E-state index in [0.29, 0.717) is 6.54 Å². The summed E-state index contributed by atoms with van der Waals surface area (Å²) in [5.41, 5.74) is 2.75. The maximum absolute atomic E-state index is 12.0. The van der Waals surface area contributed by atoms with Gasteiger partial charge in [-0.2, -0.15) is 0 Å². The fraction of sp³-hybridized carbons (Fsp3) is 0.200. The number of hydrogen-bond acceptors (Lipinski definition) is 2. The van der Waals surface area contributed by atoms with Gasteiger partial charge in [-0.1, -0.05) is 30.3 Å². The zero-order valence-corrected chi connectivity index (χ0v) is 10.7. The van der Waals surface area contributed by atoms with Gasteiger partial charge in [0.25, 0.3) is 0 Å². The zero-order chi connectivity index (χ0) is 13.2. The number of carbonyl (C=O) groups excluding carboxylic acids is 1. The number of benzene rings is 1. The Morgan fingerprint density at radius 3 is 2.84 bits per heavy atom. The van der Waals surface area contributed by atoms with Gasteiger partial charge in [-0.15, -0.1) is 0 Å². The lowest BCUT2D eigenvalue weighted by molar-refractivity contribution is -0.116. The summed E-state index contributed by atoms with van der Waals surface area (Å²) >= 11 is 0. The maximum Gasteiger partial charge on any atom is 0.248 e. The molecule has 3 rings (SSSR count). The Kier molecular flexibility index (Phi) is 2.91. The molecule has 4 nitrogen and oxygen atoms in total. The van der Waals surface area contributed by atoms with Crippen molar-refractivity contribution in [1.82, 2.24) is 14.9 Å². The van der Waals surface area contributed by atoms with Gasteiger partial charge in [0, 0.05) is 25.4 Å². The van der Waals surface area contributed by atoms with Crippen LogP contribution in [0.5, 0.6) is 0 Å². The molecular weight excluding hydrogens is 238 g/mol. The molecule has 1 fully saturated rings. The van der Waals surface area contributed by atoms with Crippen LogP contribution < -0.4 is 5.32 Å². The number of aryl methyl sites for hydroxylation is 1. The van der Waals surface area contributed by atoms with E-state index < -0.39 is 0 Å². The number of imidazole rings is 1. The van der Waals surface area contributed by atoms with Gasteiger partial charge < -0.3 is 9.88 Å². The molecule has 1 aliphatic rings. The van der Waals surface area contributed by atoms with Crippen LogP contribution in [0.4, 0.5) is 0 Å². The van der Waals surface area contributed by atoms with E-state index in [1.165, 1.54) is 0 Å². The molecule has 0 saturated carbocycles. The number of nitrogens with zero attached hydrogens (tertiary/aromatic N) is 2. The van der Waals surface area contributed by atoms with Crippen molar-refractivity contribution in [2.24, 2.45) is 7.05 Å². The quantitative estimate of drug-likeness (QED) is 0.828. The number of hydrogen-bond donors (Lipinski definition) is 1. The minimum absolute atomic E-state index is 0.000457. The van der Waals surface area contributed by atoms with Crippen LogP contribution in [0.25, 0.3) is 6.08 Å². The summed E-state index contributed by atoms with van der Waals surface area (Å²) in [5.74, 6) is 0.0356. The van der Waals surface area contributed by atoms with Gasteiger partial charge in [0.1, 0.15) is 0 Å². The molecule has 0 spiro atoms. The van der Waals surface area contributed by atoms with Crippen molar-refractivity contribution >= 4 is 12.0 Å². The fourth-order valence-electron chi connectivity index (χ4n) is 2.34. The van der Waals surface area contributed by atoms with Crippen molar-refractivity contribution in [3.8, 4) is 0 Å². The zero-order valence-electron chi connectivity index (χ0n) is 10.7. The normalized spacial score (nSPS) is 20.8. The van der Waals surface area contributed by atoms with E-state index in [1.807, 2.05) is 54.2 Å². The van der Waals surface area contributed by atoms with E-state index in [2.05, 4.69) is 10.3 Å². The standard InChI is InChI=1S/C15H15N3O/c1-18-9-14(17-10-18)13-8-16-15(19)12(13)7-11-5-3-2-4-6-11/h2-7,9-10,13H,8H2,1H3,(H,16,19)/b12-7+. The molecule has 1 aliphatic heterocycles. The molecule has 0 aliphatic carbocycles. The summed E-state index contributed by atoms with van der Waals surface area (Å²) in [6.07, 6.45) is 5.67. The topological polar surface area (TPSA) is 46.9 Å². The highest BCUT2D eigenvalue weighted by atomic mass is 16.2. The highest BCUT2D eigenvalue weighted by Gasteiger charge is 2.30. The molecule has 19 heavy (non-hydrogen) atoms. The van der Waals surface area contributed by atoms with Crippen molar-refractivity contribution in [3.05, 3.63) is 59.7 Å².